The average Bonchev–Trinajstić information content (AvgIpc) is 2.86. The van der Waals surface area contributed by atoms with Crippen LogP contribution in [0.1, 0.15) is 29.9 Å². The van der Waals surface area contributed by atoms with E-state index in [1.54, 1.807) is 6.07 Å². The molecule has 2 aromatic rings. The quantitative estimate of drug-likeness (QED) is 0.381. The molecule has 3 rings (SSSR count). The van der Waals surface area contributed by atoms with Crippen molar-refractivity contribution in [1.29, 1.82) is 0 Å². The molecule has 2 heterocycles. The molecule has 1 fully saturated rings. The van der Waals surface area contributed by atoms with Gasteiger partial charge in [-0.3, -0.25) is 19.2 Å². The molecule has 1 aromatic heterocycles. The number of carboxylic acids is 1. The minimum atomic E-state index is -1.87. The van der Waals surface area contributed by atoms with Crippen molar-refractivity contribution in [3.63, 3.8) is 0 Å². The SMILES string of the molecule is O=C(O)C[C@H](NC(=O)C1CCN(C(=O)c2ncccn2)CC1)C(=O)COc1c(F)c(F)cc(F)c1F. The highest BCUT2D eigenvalue weighted by molar-refractivity contribution is 5.93. The second-order valence-electron chi connectivity index (χ2n) is 7.85. The average molecular weight is 512 g/mol. The monoisotopic (exact) mass is 512 g/mol. The van der Waals surface area contributed by atoms with Gasteiger partial charge in [-0.1, -0.05) is 0 Å². The van der Waals surface area contributed by atoms with Crippen molar-refractivity contribution in [2.24, 2.45) is 5.92 Å². The summed E-state index contributed by atoms with van der Waals surface area (Å²) in [6, 6.07) is -0.133. The second-order valence-corrected chi connectivity index (χ2v) is 7.85. The number of carbonyl (C=O) groups is 4. The molecule has 1 aliphatic rings. The zero-order valence-corrected chi connectivity index (χ0v) is 18.5. The van der Waals surface area contributed by atoms with E-state index in [-0.39, 0.29) is 37.8 Å². The summed E-state index contributed by atoms with van der Waals surface area (Å²) in [7, 11) is 0. The molecular formula is C22H20F4N4O6. The summed E-state index contributed by atoms with van der Waals surface area (Å²) in [5.74, 6) is -13.1. The molecule has 2 amide bonds. The van der Waals surface area contributed by atoms with E-state index in [0.29, 0.717) is 0 Å². The normalized spacial score (nSPS) is 14.7. The van der Waals surface area contributed by atoms with Gasteiger partial charge in [-0.05, 0) is 18.9 Å². The van der Waals surface area contributed by atoms with Gasteiger partial charge in [0.25, 0.3) is 5.91 Å². The number of likely N-dealkylation sites (tertiary alicyclic amines) is 1. The van der Waals surface area contributed by atoms with Gasteiger partial charge >= 0.3 is 5.97 Å². The van der Waals surface area contributed by atoms with Crippen LogP contribution >= 0.6 is 0 Å². The van der Waals surface area contributed by atoms with Crippen molar-refractivity contribution in [2.45, 2.75) is 25.3 Å². The molecule has 1 saturated heterocycles. The van der Waals surface area contributed by atoms with E-state index < -0.39 is 77.6 Å². The Morgan fingerprint density at radius 1 is 1.06 bits per heavy atom. The van der Waals surface area contributed by atoms with E-state index in [9.17, 15) is 36.7 Å². The fourth-order valence-electron chi connectivity index (χ4n) is 3.53. The van der Waals surface area contributed by atoms with Crippen molar-refractivity contribution in [1.82, 2.24) is 20.2 Å². The summed E-state index contributed by atoms with van der Waals surface area (Å²) >= 11 is 0. The molecule has 0 aliphatic carbocycles. The van der Waals surface area contributed by atoms with Crippen LogP contribution in [0.15, 0.2) is 24.5 Å². The number of carboxylic acid groups (broad SMARTS) is 1. The Labute approximate surface area is 201 Å². The van der Waals surface area contributed by atoms with Crippen LogP contribution < -0.4 is 10.1 Å². The molecule has 0 saturated carbocycles. The molecule has 1 atom stereocenters. The van der Waals surface area contributed by atoms with Gasteiger partial charge in [-0.15, -0.1) is 0 Å². The van der Waals surface area contributed by atoms with Crippen LogP contribution in [-0.2, 0) is 14.4 Å². The van der Waals surface area contributed by atoms with Gasteiger partial charge < -0.3 is 20.1 Å². The summed E-state index contributed by atoms with van der Waals surface area (Å²) in [6.45, 7) is -0.808. The Kier molecular flexibility index (Phi) is 8.51. The van der Waals surface area contributed by atoms with E-state index in [2.05, 4.69) is 20.0 Å². The smallest absolute Gasteiger partial charge is 0.305 e. The molecule has 10 nitrogen and oxygen atoms in total. The van der Waals surface area contributed by atoms with Gasteiger partial charge in [0.15, 0.2) is 23.2 Å². The Hall–Kier alpha value is -4.10. The molecule has 2 N–H and O–H groups in total. The van der Waals surface area contributed by atoms with Gasteiger partial charge in [0, 0.05) is 37.5 Å². The number of ether oxygens (including phenoxy) is 1. The van der Waals surface area contributed by atoms with E-state index in [4.69, 9.17) is 5.11 Å². The van der Waals surface area contributed by atoms with Gasteiger partial charge in [-0.2, -0.15) is 8.78 Å². The summed E-state index contributed by atoms with van der Waals surface area (Å²) in [6.07, 6.45) is 2.36. The zero-order chi connectivity index (χ0) is 26.4. The maximum Gasteiger partial charge on any atom is 0.305 e. The fourth-order valence-corrected chi connectivity index (χ4v) is 3.53. The minimum Gasteiger partial charge on any atom is -0.481 e. The molecule has 14 heteroatoms. The zero-order valence-electron chi connectivity index (χ0n) is 18.5. The van der Waals surface area contributed by atoms with Crippen LogP contribution in [0.5, 0.6) is 5.75 Å². The number of Topliss-reactive ketones (excluding diaryl/α,β-unsaturated/α-hetero) is 1. The van der Waals surface area contributed by atoms with E-state index >= 15 is 0 Å². The number of hydrogen-bond donors (Lipinski definition) is 2. The lowest BCUT2D eigenvalue weighted by molar-refractivity contribution is -0.141. The fraction of sp³-hybridized carbons (Fsp3) is 0.364. The van der Waals surface area contributed by atoms with Gasteiger partial charge in [0.2, 0.25) is 23.4 Å². The summed E-state index contributed by atoms with van der Waals surface area (Å²) in [4.78, 5) is 57.9. The molecule has 0 spiro atoms. The van der Waals surface area contributed by atoms with Crippen LogP contribution in [-0.4, -0.2) is 69.3 Å². The van der Waals surface area contributed by atoms with Crippen molar-refractivity contribution in [3.8, 4) is 5.75 Å². The number of rotatable bonds is 9. The first-order chi connectivity index (χ1) is 17.1. The number of benzene rings is 1. The number of piperidine rings is 1. The number of nitrogens with zero attached hydrogens (tertiary/aromatic N) is 3. The van der Waals surface area contributed by atoms with Crippen LogP contribution in [0.3, 0.4) is 0 Å². The van der Waals surface area contributed by atoms with E-state index in [0.717, 1.165) is 0 Å². The van der Waals surface area contributed by atoms with Gasteiger partial charge in [-0.25, -0.2) is 18.7 Å². The number of ketones is 1. The highest BCUT2D eigenvalue weighted by Gasteiger charge is 2.32. The first kappa shape index (κ1) is 26.5. The molecule has 1 aliphatic heterocycles. The summed E-state index contributed by atoms with van der Waals surface area (Å²) in [5, 5.41) is 11.4. The lowest BCUT2D eigenvalue weighted by Crippen LogP contribution is -2.49. The van der Waals surface area contributed by atoms with Crippen LogP contribution in [0, 0.1) is 29.2 Å². The number of hydrogen-bond acceptors (Lipinski definition) is 7. The lowest BCUT2D eigenvalue weighted by Gasteiger charge is -2.31. The third-order valence-corrected chi connectivity index (χ3v) is 5.42. The Morgan fingerprint density at radius 2 is 1.64 bits per heavy atom. The van der Waals surface area contributed by atoms with Gasteiger partial charge in [0.1, 0.15) is 12.6 Å². The van der Waals surface area contributed by atoms with Gasteiger partial charge in [0.05, 0.1) is 6.42 Å². The van der Waals surface area contributed by atoms with Crippen LogP contribution in [0.4, 0.5) is 17.6 Å². The largest absolute Gasteiger partial charge is 0.481 e. The highest BCUT2D eigenvalue weighted by atomic mass is 19.2. The molecular weight excluding hydrogens is 492 g/mol. The van der Waals surface area contributed by atoms with Crippen molar-refractivity contribution in [3.05, 3.63) is 53.6 Å². The van der Waals surface area contributed by atoms with Crippen molar-refractivity contribution < 1.29 is 46.6 Å². The predicted octanol–water partition coefficient (Wildman–Crippen LogP) is 1.49. The minimum absolute atomic E-state index is 0.00132. The standard InChI is InChI=1S/C22H20F4N4O6/c23-12-8-13(24)18(26)19(17(12)25)36-10-15(31)14(9-16(32)33)29-21(34)11-2-6-30(7-3-11)22(35)20-27-4-1-5-28-20/h1,4-5,8,11,14H,2-3,6-7,9-10H2,(H,29,34)(H,32,33)/t14-/m0/s1. The van der Waals surface area contributed by atoms with Crippen LogP contribution in [0.25, 0.3) is 0 Å². The number of amides is 2. The topological polar surface area (TPSA) is 139 Å². The predicted molar refractivity (Wildman–Crippen MR) is 112 cm³/mol. The van der Waals surface area contributed by atoms with Crippen LogP contribution in [0.2, 0.25) is 0 Å². The Balaban J connectivity index is 1.59. The maximum absolute atomic E-state index is 13.7. The third kappa shape index (κ3) is 6.31. The van der Waals surface area contributed by atoms with Crippen molar-refractivity contribution >= 4 is 23.6 Å². The molecule has 0 unspecified atom stereocenters. The second kappa shape index (κ2) is 11.6. The molecule has 36 heavy (non-hydrogen) atoms. The van der Waals surface area contributed by atoms with Crippen molar-refractivity contribution in [2.75, 3.05) is 19.7 Å². The third-order valence-electron chi connectivity index (χ3n) is 5.42. The molecule has 1 aromatic carbocycles. The maximum atomic E-state index is 13.7. The summed E-state index contributed by atoms with van der Waals surface area (Å²) in [5.41, 5.74) is 0. The summed E-state index contributed by atoms with van der Waals surface area (Å²) < 4.78 is 58.7. The lowest BCUT2D eigenvalue weighted by atomic mass is 9.95. The number of carbonyl (C=O) groups excluding carboxylic acids is 3. The molecule has 192 valence electrons. The number of halogens is 4. The first-order valence-corrected chi connectivity index (χ1v) is 10.7. The van der Waals surface area contributed by atoms with E-state index in [1.165, 1.54) is 17.3 Å². The number of nitrogens with one attached hydrogen (secondary N) is 1. The Morgan fingerprint density at radius 3 is 2.19 bits per heavy atom. The Bertz CT molecular complexity index is 1130. The highest BCUT2D eigenvalue weighted by Crippen LogP contribution is 2.26. The van der Waals surface area contributed by atoms with E-state index in [1.807, 2.05) is 0 Å². The number of aromatic nitrogens is 2. The molecule has 0 radical (unpaired) electrons. The molecule has 0 bridgehead atoms. The number of aliphatic carboxylic acids is 1. The first-order valence-electron chi connectivity index (χ1n) is 10.7.